The van der Waals surface area contributed by atoms with Crippen LogP contribution in [0.3, 0.4) is 0 Å². The zero-order valence-corrected chi connectivity index (χ0v) is 11.0. The SMILES string of the molecule is FC(F)(F)c1cnc(N2CNCC=CO2)nc1NC1CC1. The highest BCUT2D eigenvalue weighted by Crippen LogP contribution is 2.36. The molecule has 9 heteroatoms. The molecule has 3 rings (SSSR count). The monoisotopic (exact) mass is 301 g/mol. The maximum Gasteiger partial charge on any atom is 0.421 e. The molecule has 0 radical (unpaired) electrons. The molecule has 2 heterocycles. The van der Waals surface area contributed by atoms with Crippen LogP contribution < -0.4 is 15.7 Å². The highest BCUT2D eigenvalue weighted by atomic mass is 19.4. The third-order valence-electron chi connectivity index (χ3n) is 3.02. The fourth-order valence-electron chi connectivity index (χ4n) is 1.80. The Kier molecular flexibility index (Phi) is 3.58. The topological polar surface area (TPSA) is 62.3 Å². The second-order valence-corrected chi connectivity index (χ2v) is 4.82. The standard InChI is InChI=1S/C12H14F3N5O/c13-12(14,15)9-6-17-11(19-10(9)18-8-2-3-8)20-7-16-4-1-5-21-20/h1,5-6,8,16H,2-4,7H2,(H,17,18,19). The lowest BCUT2D eigenvalue weighted by Crippen LogP contribution is -2.33. The normalized spacial score (nSPS) is 19.1. The van der Waals surface area contributed by atoms with Gasteiger partial charge in [-0.05, 0) is 18.9 Å². The molecule has 1 saturated carbocycles. The average Bonchev–Trinajstić information content (AvgIpc) is 3.23. The molecule has 0 spiro atoms. The van der Waals surface area contributed by atoms with Gasteiger partial charge in [-0.2, -0.15) is 23.2 Å². The van der Waals surface area contributed by atoms with Gasteiger partial charge in [0.25, 0.3) is 5.95 Å². The zero-order chi connectivity index (χ0) is 14.9. The summed E-state index contributed by atoms with van der Waals surface area (Å²) < 4.78 is 38.9. The average molecular weight is 301 g/mol. The number of hydrogen-bond donors (Lipinski definition) is 2. The van der Waals surface area contributed by atoms with Crippen LogP contribution in [-0.4, -0.2) is 29.2 Å². The molecule has 1 fully saturated rings. The Bertz CT molecular complexity index is 544. The lowest BCUT2D eigenvalue weighted by molar-refractivity contribution is -0.137. The largest absolute Gasteiger partial charge is 0.421 e. The third kappa shape index (κ3) is 3.35. The van der Waals surface area contributed by atoms with Crippen LogP contribution in [0, 0.1) is 0 Å². The van der Waals surface area contributed by atoms with E-state index in [0.717, 1.165) is 19.0 Å². The molecule has 0 aromatic carbocycles. The number of nitrogens with one attached hydrogen (secondary N) is 2. The van der Waals surface area contributed by atoms with Crippen molar-refractivity contribution in [2.75, 3.05) is 23.6 Å². The first-order chi connectivity index (χ1) is 10.0. The van der Waals surface area contributed by atoms with E-state index in [9.17, 15) is 13.2 Å². The van der Waals surface area contributed by atoms with Crippen molar-refractivity contribution in [3.63, 3.8) is 0 Å². The minimum atomic E-state index is -4.49. The molecule has 114 valence electrons. The van der Waals surface area contributed by atoms with Gasteiger partial charge in [0.15, 0.2) is 0 Å². The van der Waals surface area contributed by atoms with Gasteiger partial charge in [-0.1, -0.05) is 0 Å². The molecule has 1 aliphatic heterocycles. The van der Waals surface area contributed by atoms with Gasteiger partial charge in [0.2, 0.25) is 0 Å². The van der Waals surface area contributed by atoms with E-state index in [1.807, 2.05) is 0 Å². The number of nitrogens with zero attached hydrogens (tertiary/aromatic N) is 3. The van der Waals surface area contributed by atoms with Crippen LogP contribution in [0.2, 0.25) is 0 Å². The molecule has 1 aromatic rings. The Morgan fingerprint density at radius 3 is 2.90 bits per heavy atom. The fourth-order valence-corrected chi connectivity index (χ4v) is 1.80. The van der Waals surface area contributed by atoms with Crippen LogP contribution in [0.4, 0.5) is 24.9 Å². The summed E-state index contributed by atoms with van der Waals surface area (Å²) in [6.07, 6.45) is 1.17. The first kappa shape index (κ1) is 13.9. The molecule has 0 amide bonds. The van der Waals surface area contributed by atoms with Crippen molar-refractivity contribution in [1.82, 2.24) is 15.3 Å². The van der Waals surface area contributed by atoms with Crippen LogP contribution >= 0.6 is 0 Å². The highest BCUT2D eigenvalue weighted by Gasteiger charge is 2.37. The number of hydroxylamine groups is 1. The summed E-state index contributed by atoms with van der Waals surface area (Å²) in [7, 11) is 0. The molecule has 21 heavy (non-hydrogen) atoms. The number of alkyl halides is 3. The second-order valence-electron chi connectivity index (χ2n) is 4.82. The minimum absolute atomic E-state index is 0.0527. The number of rotatable bonds is 3. The van der Waals surface area contributed by atoms with Crippen LogP contribution in [0.1, 0.15) is 18.4 Å². The van der Waals surface area contributed by atoms with E-state index in [2.05, 4.69) is 20.6 Å². The minimum Gasteiger partial charge on any atom is -0.384 e. The van der Waals surface area contributed by atoms with Crippen molar-refractivity contribution >= 4 is 11.8 Å². The maximum atomic E-state index is 13.0. The summed E-state index contributed by atoms with van der Waals surface area (Å²) in [6, 6.07) is 0.0527. The number of halogens is 3. The maximum absolute atomic E-state index is 13.0. The lowest BCUT2D eigenvalue weighted by atomic mass is 10.3. The Morgan fingerprint density at radius 1 is 1.38 bits per heavy atom. The van der Waals surface area contributed by atoms with E-state index < -0.39 is 11.7 Å². The van der Waals surface area contributed by atoms with Crippen molar-refractivity contribution in [3.8, 4) is 0 Å². The van der Waals surface area contributed by atoms with Crippen LogP contribution in [0.5, 0.6) is 0 Å². The van der Waals surface area contributed by atoms with Gasteiger partial charge in [-0.3, -0.25) is 5.32 Å². The molecule has 0 saturated heterocycles. The lowest BCUT2D eigenvalue weighted by Gasteiger charge is -2.20. The third-order valence-corrected chi connectivity index (χ3v) is 3.02. The van der Waals surface area contributed by atoms with Gasteiger partial charge in [0.05, 0.1) is 0 Å². The summed E-state index contributed by atoms with van der Waals surface area (Å²) in [5, 5.41) is 7.09. The molecule has 2 aliphatic rings. The molecule has 1 aliphatic carbocycles. The van der Waals surface area contributed by atoms with Crippen LogP contribution in [0.25, 0.3) is 0 Å². The van der Waals surface area contributed by atoms with Gasteiger partial charge >= 0.3 is 6.18 Å². The van der Waals surface area contributed by atoms with E-state index in [1.165, 1.54) is 11.3 Å². The van der Waals surface area contributed by atoms with Gasteiger partial charge in [-0.15, -0.1) is 0 Å². The molecular formula is C12H14F3N5O. The van der Waals surface area contributed by atoms with Crippen LogP contribution in [0.15, 0.2) is 18.5 Å². The van der Waals surface area contributed by atoms with Gasteiger partial charge in [0, 0.05) is 18.8 Å². The summed E-state index contributed by atoms with van der Waals surface area (Å²) in [5.41, 5.74) is -0.864. The predicted octanol–water partition coefficient (Wildman–Crippen LogP) is 1.88. The van der Waals surface area contributed by atoms with Crippen LogP contribution in [-0.2, 0) is 11.0 Å². The molecule has 0 unspecified atom stereocenters. The Labute approximate surface area is 119 Å². The summed E-state index contributed by atoms with van der Waals surface area (Å²) in [6.45, 7) is 0.881. The molecule has 6 nitrogen and oxygen atoms in total. The number of hydrogen-bond acceptors (Lipinski definition) is 6. The molecule has 1 aromatic heterocycles. The molecule has 2 N–H and O–H groups in total. The quantitative estimate of drug-likeness (QED) is 0.889. The van der Waals surface area contributed by atoms with E-state index in [-0.39, 0.29) is 24.5 Å². The Hall–Kier alpha value is -2.03. The van der Waals surface area contributed by atoms with Crippen molar-refractivity contribution in [2.24, 2.45) is 0 Å². The summed E-state index contributed by atoms with van der Waals surface area (Å²) in [4.78, 5) is 13.0. The highest BCUT2D eigenvalue weighted by molar-refractivity contribution is 5.50. The first-order valence-corrected chi connectivity index (χ1v) is 6.55. The van der Waals surface area contributed by atoms with Crippen molar-refractivity contribution in [2.45, 2.75) is 25.1 Å². The molecular weight excluding hydrogens is 287 g/mol. The van der Waals surface area contributed by atoms with Gasteiger partial charge < -0.3 is 10.2 Å². The zero-order valence-electron chi connectivity index (χ0n) is 11.0. The molecule has 0 atom stereocenters. The van der Waals surface area contributed by atoms with Crippen molar-refractivity contribution < 1.29 is 18.0 Å². The Balaban J connectivity index is 1.89. The number of anilines is 2. The smallest absolute Gasteiger partial charge is 0.384 e. The van der Waals surface area contributed by atoms with Gasteiger partial charge in [-0.25, -0.2) is 4.98 Å². The number of aromatic nitrogens is 2. The first-order valence-electron chi connectivity index (χ1n) is 6.55. The van der Waals surface area contributed by atoms with E-state index in [4.69, 9.17) is 4.84 Å². The Morgan fingerprint density at radius 2 is 2.19 bits per heavy atom. The van der Waals surface area contributed by atoms with Crippen molar-refractivity contribution in [3.05, 3.63) is 24.1 Å². The van der Waals surface area contributed by atoms with Gasteiger partial charge in [0.1, 0.15) is 24.3 Å². The summed E-state index contributed by atoms with van der Waals surface area (Å²) in [5.74, 6) is -0.128. The second kappa shape index (κ2) is 5.40. The molecule has 0 bridgehead atoms. The van der Waals surface area contributed by atoms with E-state index >= 15 is 0 Å². The van der Waals surface area contributed by atoms with E-state index in [0.29, 0.717) is 6.54 Å². The summed E-state index contributed by atoms with van der Waals surface area (Å²) >= 11 is 0. The predicted molar refractivity (Wildman–Crippen MR) is 69.3 cm³/mol. The van der Waals surface area contributed by atoms with Crippen molar-refractivity contribution in [1.29, 1.82) is 0 Å². The fraction of sp³-hybridized carbons (Fsp3) is 0.500. The van der Waals surface area contributed by atoms with E-state index in [1.54, 1.807) is 6.08 Å².